The summed E-state index contributed by atoms with van der Waals surface area (Å²) in [5.74, 6) is -0.213. The molecule has 0 aliphatic heterocycles. The van der Waals surface area contributed by atoms with E-state index in [1.807, 2.05) is 23.0 Å². The normalized spacial score (nSPS) is 26.1. The number of pyridine rings is 1. The van der Waals surface area contributed by atoms with Gasteiger partial charge in [-0.15, -0.1) is 0 Å². The molecule has 0 bridgehead atoms. The molecule has 3 atom stereocenters. The SMILES string of the molecule is O=C(c1ccccn1)[C@@]12CC[C@](O)(I)C[C@H]1CCCc1cc3c(cnn3-c3ccc(F)cc3)cc12. The Morgan fingerprint density at radius 2 is 1.97 bits per heavy atom. The van der Waals surface area contributed by atoms with Gasteiger partial charge in [-0.05, 0) is 127 Å². The number of halogens is 2. The fourth-order valence-corrected chi connectivity index (χ4v) is 6.96. The zero-order chi connectivity index (χ0) is 24.2. The second-order valence-corrected chi connectivity index (χ2v) is 11.8. The van der Waals surface area contributed by atoms with Crippen LogP contribution in [0.5, 0.6) is 0 Å². The van der Waals surface area contributed by atoms with Crippen molar-refractivity contribution in [3.8, 4) is 5.69 Å². The molecule has 0 amide bonds. The van der Waals surface area contributed by atoms with E-state index in [9.17, 15) is 14.3 Å². The number of Topliss-reactive ketones (excluding diaryl/α,β-unsaturated/α-hetero) is 1. The van der Waals surface area contributed by atoms with Crippen molar-refractivity contribution in [2.75, 3.05) is 0 Å². The van der Waals surface area contributed by atoms with Gasteiger partial charge < -0.3 is 5.11 Å². The number of carbonyl (C=O) groups is 1. The summed E-state index contributed by atoms with van der Waals surface area (Å²) in [7, 11) is 0. The molecule has 0 radical (unpaired) electrons. The second kappa shape index (κ2) is 8.48. The molecule has 7 heteroatoms. The van der Waals surface area contributed by atoms with Crippen LogP contribution in [0.15, 0.2) is 67.0 Å². The number of aliphatic hydroxyl groups is 1. The number of fused-ring (bicyclic) bond motifs is 4. The van der Waals surface area contributed by atoms with E-state index < -0.39 is 9.02 Å². The van der Waals surface area contributed by atoms with Crippen LogP contribution in [0.4, 0.5) is 4.39 Å². The van der Waals surface area contributed by atoms with Crippen molar-refractivity contribution in [2.45, 2.75) is 47.5 Å². The van der Waals surface area contributed by atoms with E-state index in [0.29, 0.717) is 25.0 Å². The minimum absolute atomic E-state index is 0.0264. The Morgan fingerprint density at radius 3 is 2.74 bits per heavy atom. The molecule has 0 unspecified atom stereocenters. The van der Waals surface area contributed by atoms with Crippen LogP contribution >= 0.6 is 22.6 Å². The standard InChI is InChI=1S/C28H25FIN3O2/c29-21-7-9-22(10-8-21)33-25-15-18-4-3-5-20-16-27(30,35)11-12-28(20,23(18)14-19(25)17-32-33)26(34)24-6-1-2-13-31-24/h1-2,6-10,13-15,17,20,35H,3-5,11-12,16H2/t20-,27-,28+/m1/s1. The first kappa shape index (κ1) is 22.8. The maximum absolute atomic E-state index is 14.3. The molecule has 5 nitrogen and oxygen atoms in total. The Balaban J connectivity index is 1.56. The smallest absolute Gasteiger partial charge is 0.191 e. The van der Waals surface area contributed by atoms with Gasteiger partial charge in [0.15, 0.2) is 5.78 Å². The summed E-state index contributed by atoms with van der Waals surface area (Å²) < 4.78 is 14.5. The lowest BCUT2D eigenvalue weighted by Gasteiger charge is -2.47. The largest absolute Gasteiger partial charge is 0.380 e. The predicted octanol–water partition coefficient (Wildman–Crippen LogP) is 5.94. The maximum atomic E-state index is 14.3. The zero-order valence-electron chi connectivity index (χ0n) is 19.1. The van der Waals surface area contributed by atoms with Gasteiger partial charge in [0.05, 0.1) is 22.8 Å². The first-order chi connectivity index (χ1) is 16.9. The first-order valence-electron chi connectivity index (χ1n) is 12.0. The van der Waals surface area contributed by atoms with E-state index in [1.165, 1.54) is 12.1 Å². The number of carbonyl (C=O) groups excluding carboxylic acids is 1. The zero-order valence-corrected chi connectivity index (χ0v) is 21.3. The average molecular weight is 581 g/mol. The summed E-state index contributed by atoms with van der Waals surface area (Å²) in [5, 5.41) is 16.5. The van der Waals surface area contributed by atoms with E-state index in [0.717, 1.165) is 47.0 Å². The van der Waals surface area contributed by atoms with E-state index in [2.05, 4.69) is 44.8 Å². The van der Waals surface area contributed by atoms with Crippen LogP contribution in [0.25, 0.3) is 16.6 Å². The number of aromatic nitrogens is 3. The fraction of sp³-hybridized carbons (Fsp3) is 0.321. The molecular weight excluding hydrogens is 556 g/mol. The maximum Gasteiger partial charge on any atom is 0.191 e. The molecule has 2 aromatic heterocycles. The molecule has 4 aromatic rings. The third-order valence-corrected chi connectivity index (χ3v) is 8.78. The van der Waals surface area contributed by atoms with Crippen LogP contribution < -0.4 is 0 Å². The van der Waals surface area contributed by atoms with Gasteiger partial charge in [-0.1, -0.05) is 6.07 Å². The minimum atomic E-state index is -0.807. The first-order valence-corrected chi connectivity index (χ1v) is 13.1. The predicted molar refractivity (Wildman–Crippen MR) is 141 cm³/mol. The Kier molecular flexibility index (Phi) is 5.52. The Bertz CT molecular complexity index is 1420. The highest BCUT2D eigenvalue weighted by atomic mass is 127. The number of aryl methyl sites for hydroxylation is 1. The molecule has 1 saturated carbocycles. The molecule has 6 rings (SSSR count). The molecule has 0 saturated heterocycles. The number of rotatable bonds is 3. The second-order valence-electron chi connectivity index (χ2n) is 9.83. The van der Waals surface area contributed by atoms with Gasteiger partial charge in [0.1, 0.15) is 15.1 Å². The van der Waals surface area contributed by atoms with Crippen LogP contribution in [-0.4, -0.2) is 29.3 Å². The summed E-state index contributed by atoms with van der Waals surface area (Å²) in [4.78, 5) is 18.7. The van der Waals surface area contributed by atoms with Gasteiger partial charge in [-0.25, -0.2) is 9.07 Å². The third kappa shape index (κ3) is 3.80. The quantitative estimate of drug-likeness (QED) is 0.185. The summed E-state index contributed by atoms with van der Waals surface area (Å²) in [6.45, 7) is 0. The van der Waals surface area contributed by atoms with Crippen molar-refractivity contribution in [3.05, 3.63) is 89.6 Å². The minimum Gasteiger partial charge on any atom is -0.380 e. The summed E-state index contributed by atoms with van der Waals surface area (Å²) in [6, 6.07) is 16.1. The van der Waals surface area contributed by atoms with Crippen molar-refractivity contribution in [3.63, 3.8) is 0 Å². The van der Waals surface area contributed by atoms with Crippen molar-refractivity contribution in [1.29, 1.82) is 0 Å². The number of hydrogen-bond acceptors (Lipinski definition) is 4. The van der Waals surface area contributed by atoms with Crippen LogP contribution in [-0.2, 0) is 11.8 Å². The Hall–Kier alpha value is -2.65. The lowest BCUT2D eigenvalue weighted by molar-refractivity contribution is 0.0316. The van der Waals surface area contributed by atoms with Crippen LogP contribution in [0.2, 0.25) is 0 Å². The van der Waals surface area contributed by atoms with Crippen LogP contribution in [0.3, 0.4) is 0 Å². The number of hydrogen-bond donors (Lipinski definition) is 1. The molecule has 178 valence electrons. The highest BCUT2D eigenvalue weighted by Gasteiger charge is 2.55. The lowest BCUT2D eigenvalue weighted by atomic mass is 9.58. The molecule has 2 aliphatic rings. The molecule has 1 N–H and O–H groups in total. The molecule has 35 heavy (non-hydrogen) atoms. The van der Waals surface area contributed by atoms with Crippen LogP contribution in [0.1, 0.15) is 53.7 Å². The van der Waals surface area contributed by atoms with E-state index >= 15 is 0 Å². The highest BCUT2D eigenvalue weighted by Crippen LogP contribution is 2.55. The summed E-state index contributed by atoms with van der Waals surface area (Å²) >= 11 is 2.15. The van der Waals surface area contributed by atoms with E-state index in [4.69, 9.17) is 0 Å². The van der Waals surface area contributed by atoms with Gasteiger partial charge in [-0.2, -0.15) is 5.10 Å². The average Bonchev–Trinajstić information content (AvgIpc) is 3.20. The van der Waals surface area contributed by atoms with Gasteiger partial charge in [0.2, 0.25) is 0 Å². The number of ketones is 1. The van der Waals surface area contributed by atoms with Crippen molar-refractivity contribution in [1.82, 2.24) is 14.8 Å². The fourth-order valence-electron chi connectivity index (χ4n) is 6.16. The number of alkyl halides is 1. The molecule has 1 fully saturated rings. The molecule has 2 aliphatic carbocycles. The monoisotopic (exact) mass is 581 g/mol. The number of benzene rings is 2. The lowest BCUT2D eigenvalue weighted by Crippen LogP contribution is -2.50. The highest BCUT2D eigenvalue weighted by molar-refractivity contribution is 14.1. The van der Waals surface area contributed by atoms with E-state index in [1.54, 1.807) is 24.4 Å². The Labute approximate surface area is 216 Å². The van der Waals surface area contributed by atoms with Crippen LogP contribution in [0, 0.1) is 11.7 Å². The van der Waals surface area contributed by atoms with Crippen molar-refractivity contribution < 1.29 is 14.3 Å². The van der Waals surface area contributed by atoms with Gasteiger partial charge >= 0.3 is 0 Å². The van der Waals surface area contributed by atoms with Gasteiger partial charge in [0.25, 0.3) is 0 Å². The van der Waals surface area contributed by atoms with Crippen molar-refractivity contribution in [2.24, 2.45) is 5.92 Å². The van der Waals surface area contributed by atoms with Gasteiger partial charge in [0, 0.05) is 11.6 Å². The van der Waals surface area contributed by atoms with E-state index in [-0.39, 0.29) is 17.5 Å². The third-order valence-electron chi connectivity index (χ3n) is 7.80. The summed E-state index contributed by atoms with van der Waals surface area (Å²) in [5.41, 5.74) is 3.67. The number of nitrogens with zero attached hydrogens (tertiary/aromatic N) is 3. The molecule has 0 spiro atoms. The summed E-state index contributed by atoms with van der Waals surface area (Å²) in [6.07, 6.45) is 7.87. The Morgan fingerprint density at radius 1 is 1.14 bits per heavy atom. The molecule has 2 aromatic carbocycles. The molecular formula is C28H25FIN3O2. The molecule has 2 heterocycles. The van der Waals surface area contributed by atoms with Crippen molar-refractivity contribution >= 4 is 39.3 Å². The van der Waals surface area contributed by atoms with Gasteiger partial charge in [-0.3, -0.25) is 9.78 Å². The topological polar surface area (TPSA) is 68.0 Å².